The minimum absolute atomic E-state index is 0.0357. The van der Waals surface area contributed by atoms with Gasteiger partial charge in [-0.05, 0) is 12.8 Å². The van der Waals surface area contributed by atoms with E-state index in [0.29, 0.717) is 0 Å². The van der Waals surface area contributed by atoms with Gasteiger partial charge in [0.05, 0.1) is 31.2 Å². The second kappa shape index (κ2) is 6.73. The van der Waals surface area contributed by atoms with E-state index in [-0.39, 0.29) is 19.3 Å². The molecule has 0 heterocycles. The lowest BCUT2D eigenvalue weighted by molar-refractivity contribution is -0.158. The molecule has 8 N–H and O–H groups in total. The molecule has 2 unspecified atom stereocenters. The monoisotopic (exact) mass is 346 g/mol. The zero-order valence-corrected chi connectivity index (χ0v) is 13.0. The fraction of sp³-hybridized carbons (Fsp3) is 0.714. The molecule has 24 heavy (non-hydrogen) atoms. The molecule has 136 valence electrons. The molecule has 10 nitrogen and oxygen atoms in total. The van der Waals surface area contributed by atoms with E-state index in [4.69, 9.17) is 16.6 Å². The Balaban J connectivity index is 3.55. The molecule has 1 fully saturated rings. The number of carboxylic acid groups (broad SMARTS) is 4. The van der Waals surface area contributed by atoms with Gasteiger partial charge in [0.25, 0.3) is 0 Å². The third kappa shape index (κ3) is 3.65. The van der Waals surface area contributed by atoms with Crippen molar-refractivity contribution >= 4 is 23.9 Å². The quantitative estimate of drug-likeness (QED) is 0.331. The molecule has 0 radical (unpaired) electrons. The van der Waals surface area contributed by atoms with Crippen molar-refractivity contribution in [2.45, 2.75) is 56.0 Å². The summed E-state index contributed by atoms with van der Waals surface area (Å²) in [6.07, 6.45) is -2.57. The average molecular weight is 346 g/mol. The van der Waals surface area contributed by atoms with E-state index in [0.717, 1.165) is 0 Å². The lowest BCUT2D eigenvalue weighted by atomic mass is 9.49. The Morgan fingerprint density at radius 3 is 1.50 bits per heavy atom. The number of carboxylic acids is 4. The fourth-order valence-electron chi connectivity index (χ4n) is 3.97. The summed E-state index contributed by atoms with van der Waals surface area (Å²) in [5.74, 6) is -5.42. The van der Waals surface area contributed by atoms with Gasteiger partial charge in [0, 0.05) is 11.0 Å². The van der Waals surface area contributed by atoms with Crippen molar-refractivity contribution in [1.82, 2.24) is 0 Å². The van der Waals surface area contributed by atoms with Crippen LogP contribution in [0.4, 0.5) is 0 Å². The number of nitrogens with two attached hydrogens (primary N) is 2. The van der Waals surface area contributed by atoms with Crippen molar-refractivity contribution in [1.29, 1.82) is 0 Å². The molecule has 0 aliphatic heterocycles. The molecular weight excluding hydrogens is 324 g/mol. The second-order valence-corrected chi connectivity index (χ2v) is 6.54. The SMILES string of the molecule is NC1(CC(=O)O)CCCC(CC(=O)O)(CC(=O)O)C1(N)CC(=O)O. The lowest BCUT2D eigenvalue weighted by Gasteiger charge is -2.59. The van der Waals surface area contributed by atoms with Crippen LogP contribution in [0.25, 0.3) is 0 Å². The van der Waals surface area contributed by atoms with E-state index < -0.39 is 66.1 Å². The van der Waals surface area contributed by atoms with E-state index in [1.54, 1.807) is 0 Å². The molecule has 0 aromatic heterocycles. The minimum atomic E-state index is -2.00. The van der Waals surface area contributed by atoms with Gasteiger partial charge in [-0.1, -0.05) is 6.42 Å². The molecule has 1 rings (SSSR count). The van der Waals surface area contributed by atoms with Gasteiger partial charge in [-0.2, -0.15) is 0 Å². The van der Waals surface area contributed by atoms with Crippen LogP contribution in [0.1, 0.15) is 44.9 Å². The first-order valence-electron chi connectivity index (χ1n) is 7.32. The van der Waals surface area contributed by atoms with Gasteiger partial charge in [-0.15, -0.1) is 0 Å². The summed E-state index contributed by atoms with van der Waals surface area (Å²) in [6, 6.07) is 0. The van der Waals surface area contributed by atoms with Gasteiger partial charge in [-0.3, -0.25) is 19.2 Å². The summed E-state index contributed by atoms with van der Waals surface area (Å²) in [5.41, 5.74) is 7.03. The van der Waals surface area contributed by atoms with Crippen molar-refractivity contribution < 1.29 is 39.6 Å². The zero-order chi connectivity index (χ0) is 18.8. The highest BCUT2D eigenvalue weighted by molar-refractivity contribution is 5.76. The summed E-state index contributed by atoms with van der Waals surface area (Å²) < 4.78 is 0. The first-order valence-corrected chi connectivity index (χ1v) is 7.32. The van der Waals surface area contributed by atoms with Crippen molar-refractivity contribution in [3.05, 3.63) is 0 Å². The predicted molar refractivity (Wildman–Crippen MR) is 79.1 cm³/mol. The Kier molecular flexibility index (Phi) is 5.57. The molecule has 0 aromatic rings. The largest absolute Gasteiger partial charge is 0.481 e. The van der Waals surface area contributed by atoms with Crippen molar-refractivity contribution in [3.8, 4) is 0 Å². The number of hydrogen-bond donors (Lipinski definition) is 6. The first-order chi connectivity index (χ1) is 10.9. The molecule has 1 saturated carbocycles. The highest BCUT2D eigenvalue weighted by atomic mass is 16.4. The van der Waals surface area contributed by atoms with Crippen LogP contribution in [0.2, 0.25) is 0 Å². The maximum atomic E-state index is 11.3. The van der Waals surface area contributed by atoms with E-state index in [9.17, 15) is 34.5 Å². The Hall–Kier alpha value is -2.20. The highest BCUT2D eigenvalue weighted by Crippen LogP contribution is 2.54. The smallest absolute Gasteiger partial charge is 0.305 e. The molecule has 1 aliphatic carbocycles. The standard InChI is InChI=1S/C14H22N2O8/c15-13(6-10(21)22)3-1-2-12(4-8(17)18,5-9(19)20)14(13,16)7-11(23)24/h1-7,15-16H2,(H,17,18)(H,19,20)(H,21,22)(H,23,24). The van der Waals surface area contributed by atoms with Crippen LogP contribution in [-0.2, 0) is 19.2 Å². The Morgan fingerprint density at radius 2 is 1.12 bits per heavy atom. The van der Waals surface area contributed by atoms with E-state index >= 15 is 0 Å². The lowest BCUT2D eigenvalue weighted by Crippen LogP contribution is -2.76. The Labute approximate surface area is 137 Å². The van der Waals surface area contributed by atoms with Gasteiger partial charge in [0.15, 0.2) is 0 Å². The Morgan fingerprint density at radius 1 is 0.708 bits per heavy atom. The number of aliphatic carboxylic acids is 4. The van der Waals surface area contributed by atoms with Crippen LogP contribution < -0.4 is 11.5 Å². The minimum Gasteiger partial charge on any atom is -0.481 e. The number of hydrogen-bond acceptors (Lipinski definition) is 6. The maximum Gasteiger partial charge on any atom is 0.305 e. The van der Waals surface area contributed by atoms with E-state index in [1.807, 2.05) is 0 Å². The van der Waals surface area contributed by atoms with Gasteiger partial charge in [0.1, 0.15) is 0 Å². The van der Waals surface area contributed by atoms with Crippen LogP contribution in [0.5, 0.6) is 0 Å². The van der Waals surface area contributed by atoms with Crippen LogP contribution >= 0.6 is 0 Å². The molecule has 0 amide bonds. The summed E-state index contributed by atoms with van der Waals surface area (Å²) in [4.78, 5) is 45.1. The normalized spacial score (nSPS) is 28.9. The average Bonchev–Trinajstić information content (AvgIpc) is 2.33. The predicted octanol–water partition coefficient (Wildman–Crippen LogP) is -0.549. The van der Waals surface area contributed by atoms with Gasteiger partial charge < -0.3 is 31.9 Å². The van der Waals surface area contributed by atoms with E-state index in [1.165, 1.54) is 0 Å². The van der Waals surface area contributed by atoms with Crippen LogP contribution in [0.15, 0.2) is 0 Å². The molecule has 2 atom stereocenters. The van der Waals surface area contributed by atoms with Crippen LogP contribution in [-0.4, -0.2) is 55.4 Å². The maximum absolute atomic E-state index is 11.3. The van der Waals surface area contributed by atoms with Crippen molar-refractivity contribution in [2.24, 2.45) is 16.9 Å². The van der Waals surface area contributed by atoms with E-state index in [2.05, 4.69) is 0 Å². The molecule has 10 heteroatoms. The Bertz CT molecular complexity index is 547. The second-order valence-electron chi connectivity index (χ2n) is 6.54. The summed E-state index contributed by atoms with van der Waals surface area (Å²) >= 11 is 0. The topological polar surface area (TPSA) is 201 Å². The van der Waals surface area contributed by atoms with Gasteiger partial charge in [-0.25, -0.2) is 0 Å². The summed E-state index contributed by atoms with van der Waals surface area (Å²) in [6.45, 7) is 0. The number of rotatable bonds is 8. The van der Waals surface area contributed by atoms with Gasteiger partial charge >= 0.3 is 23.9 Å². The van der Waals surface area contributed by atoms with Crippen LogP contribution in [0, 0.1) is 5.41 Å². The summed E-state index contributed by atoms with van der Waals surface area (Å²) in [5, 5.41) is 36.8. The van der Waals surface area contributed by atoms with Crippen LogP contribution in [0.3, 0.4) is 0 Å². The molecule has 1 aliphatic rings. The molecule has 0 saturated heterocycles. The van der Waals surface area contributed by atoms with Gasteiger partial charge in [0.2, 0.25) is 0 Å². The zero-order valence-electron chi connectivity index (χ0n) is 13.0. The number of carbonyl (C=O) groups is 4. The summed E-state index contributed by atoms with van der Waals surface area (Å²) in [7, 11) is 0. The molecule has 0 spiro atoms. The fourth-order valence-corrected chi connectivity index (χ4v) is 3.97. The first kappa shape index (κ1) is 19.8. The van der Waals surface area contributed by atoms with Crippen molar-refractivity contribution in [3.63, 3.8) is 0 Å². The molecule has 0 aromatic carbocycles. The molecule has 0 bridgehead atoms. The third-order valence-electron chi connectivity index (χ3n) is 4.99. The third-order valence-corrected chi connectivity index (χ3v) is 4.99. The highest BCUT2D eigenvalue weighted by Gasteiger charge is 2.63. The van der Waals surface area contributed by atoms with Crippen molar-refractivity contribution in [2.75, 3.05) is 0 Å². The molecular formula is C14H22N2O8.